The quantitative estimate of drug-likeness (QED) is 0.714. The summed E-state index contributed by atoms with van der Waals surface area (Å²) >= 11 is 0. The summed E-state index contributed by atoms with van der Waals surface area (Å²) in [6.07, 6.45) is 6.77. The van der Waals surface area contributed by atoms with Gasteiger partial charge in [0.15, 0.2) is 0 Å². The third-order valence-electron chi connectivity index (χ3n) is 6.53. The summed E-state index contributed by atoms with van der Waals surface area (Å²) in [6.45, 7) is 6.74. The number of aromatic nitrogens is 4. The molecule has 0 radical (unpaired) electrons. The van der Waals surface area contributed by atoms with Gasteiger partial charge in [0.25, 0.3) is 5.91 Å². The van der Waals surface area contributed by atoms with Crippen molar-refractivity contribution in [3.8, 4) is 0 Å². The lowest BCUT2D eigenvalue weighted by atomic mass is 9.96. The predicted octanol–water partition coefficient (Wildman–Crippen LogP) is 4.12. The third kappa shape index (κ3) is 3.34. The Kier molecular flexibility index (Phi) is 4.64. The van der Waals surface area contributed by atoms with Gasteiger partial charge in [-0.2, -0.15) is 0 Å². The number of H-pyrrole nitrogens is 1. The van der Waals surface area contributed by atoms with Crippen LogP contribution in [0.3, 0.4) is 0 Å². The minimum absolute atomic E-state index is 0.0959. The number of fused-ring (bicyclic) bond motifs is 2. The highest BCUT2D eigenvalue weighted by molar-refractivity contribution is 5.99. The molecule has 29 heavy (non-hydrogen) atoms. The molecular weight excluding hydrogens is 362 g/mol. The van der Waals surface area contributed by atoms with Crippen LogP contribution in [0.4, 0.5) is 0 Å². The van der Waals surface area contributed by atoms with Crippen LogP contribution in [0.15, 0.2) is 18.2 Å². The summed E-state index contributed by atoms with van der Waals surface area (Å²) in [7, 11) is 0. The molecule has 0 aliphatic carbocycles. The summed E-state index contributed by atoms with van der Waals surface area (Å²) in [4.78, 5) is 18.6. The van der Waals surface area contributed by atoms with Gasteiger partial charge < -0.3 is 14.5 Å². The van der Waals surface area contributed by atoms with Gasteiger partial charge >= 0.3 is 0 Å². The fourth-order valence-electron chi connectivity index (χ4n) is 5.07. The molecule has 4 heterocycles. The minimum Gasteiger partial charge on any atom is -0.351 e. The Morgan fingerprint density at radius 1 is 1.07 bits per heavy atom. The SMILES string of the molecule is Cc1cc(C)c2cc(C(=O)N3CCCC(c4nnc5n4CCCCC5)C3)[nH]c2c1. The number of carbonyl (C=O) groups excluding carboxylic acids is 1. The first-order valence-corrected chi connectivity index (χ1v) is 10.9. The number of nitrogens with one attached hydrogen (secondary N) is 1. The first-order chi connectivity index (χ1) is 14.1. The molecule has 6 heteroatoms. The minimum atomic E-state index is 0.0959. The van der Waals surface area contributed by atoms with Gasteiger partial charge in [0.05, 0.1) is 0 Å². The number of likely N-dealkylation sites (tertiary alicyclic amines) is 1. The van der Waals surface area contributed by atoms with Crippen molar-refractivity contribution in [3.63, 3.8) is 0 Å². The van der Waals surface area contributed by atoms with Crippen molar-refractivity contribution in [2.45, 2.75) is 64.8 Å². The molecule has 0 saturated carbocycles. The highest BCUT2D eigenvalue weighted by atomic mass is 16.2. The molecule has 2 aromatic heterocycles. The van der Waals surface area contributed by atoms with Crippen LogP contribution >= 0.6 is 0 Å². The molecule has 3 aromatic rings. The molecule has 1 fully saturated rings. The van der Waals surface area contributed by atoms with Gasteiger partial charge in [-0.05, 0) is 62.8 Å². The van der Waals surface area contributed by atoms with E-state index in [-0.39, 0.29) is 11.8 Å². The zero-order chi connectivity index (χ0) is 20.0. The zero-order valence-corrected chi connectivity index (χ0v) is 17.4. The van der Waals surface area contributed by atoms with E-state index in [1.54, 1.807) is 0 Å². The molecule has 1 atom stereocenters. The van der Waals surface area contributed by atoms with Gasteiger partial charge in [-0.3, -0.25) is 4.79 Å². The molecule has 1 unspecified atom stereocenters. The number of nitrogens with zero attached hydrogens (tertiary/aromatic N) is 4. The Balaban J connectivity index is 1.39. The number of aryl methyl sites for hydroxylation is 3. The summed E-state index contributed by atoms with van der Waals surface area (Å²) in [6, 6.07) is 6.29. The van der Waals surface area contributed by atoms with E-state index in [9.17, 15) is 4.79 Å². The number of hydrogen-bond acceptors (Lipinski definition) is 3. The summed E-state index contributed by atoms with van der Waals surface area (Å²) in [5.74, 6) is 2.59. The van der Waals surface area contributed by atoms with Crippen LogP contribution in [0.1, 0.15) is 71.3 Å². The molecule has 6 nitrogen and oxygen atoms in total. The fourth-order valence-corrected chi connectivity index (χ4v) is 5.07. The van der Waals surface area contributed by atoms with Crippen molar-refractivity contribution in [1.29, 1.82) is 0 Å². The molecule has 1 saturated heterocycles. The van der Waals surface area contributed by atoms with Crippen molar-refractivity contribution in [1.82, 2.24) is 24.6 Å². The van der Waals surface area contributed by atoms with Gasteiger partial charge in [0, 0.05) is 42.9 Å². The number of piperidine rings is 1. The topological polar surface area (TPSA) is 66.8 Å². The normalized spacial score (nSPS) is 19.9. The van der Waals surface area contributed by atoms with Crippen molar-refractivity contribution in [2.75, 3.05) is 13.1 Å². The lowest BCUT2D eigenvalue weighted by Gasteiger charge is -2.32. The van der Waals surface area contributed by atoms with Gasteiger partial charge in [-0.25, -0.2) is 0 Å². The van der Waals surface area contributed by atoms with Crippen molar-refractivity contribution in [2.24, 2.45) is 0 Å². The molecule has 1 amide bonds. The Hall–Kier alpha value is -2.63. The van der Waals surface area contributed by atoms with Gasteiger partial charge in [-0.15, -0.1) is 10.2 Å². The van der Waals surface area contributed by atoms with E-state index in [2.05, 4.69) is 45.7 Å². The predicted molar refractivity (Wildman–Crippen MR) is 113 cm³/mol. The molecule has 0 bridgehead atoms. The van der Waals surface area contributed by atoms with E-state index in [0.29, 0.717) is 5.69 Å². The van der Waals surface area contributed by atoms with Crippen molar-refractivity contribution in [3.05, 3.63) is 46.7 Å². The number of amides is 1. The molecule has 5 rings (SSSR count). The second-order valence-electron chi connectivity index (χ2n) is 8.75. The number of rotatable bonds is 2. The van der Waals surface area contributed by atoms with E-state index >= 15 is 0 Å². The fraction of sp³-hybridized carbons (Fsp3) is 0.522. The highest BCUT2D eigenvalue weighted by Gasteiger charge is 2.30. The third-order valence-corrected chi connectivity index (χ3v) is 6.53. The number of benzene rings is 1. The lowest BCUT2D eigenvalue weighted by Crippen LogP contribution is -2.40. The summed E-state index contributed by atoms with van der Waals surface area (Å²) < 4.78 is 2.33. The Morgan fingerprint density at radius 3 is 2.86 bits per heavy atom. The van der Waals surface area contributed by atoms with Gasteiger partial charge in [0.2, 0.25) is 0 Å². The number of aromatic amines is 1. The molecular formula is C23H29N5O. The van der Waals surface area contributed by atoms with Crippen LogP contribution < -0.4 is 0 Å². The van der Waals surface area contributed by atoms with Crippen LogP contribution in [-0.4, -0.2) is 43.6 Å². The standard InChI is InChI=1S/C23H29N5O/c1-15-11-16(2)18-13-20(24-19(18)12-15)23(29)27-9-6-7-17(14-27)22-26-25-21-8-4-3-5-10-28(21)22/h11-13,17,24H,3-10,14H2,1-2H3. The van der Waals surface area contributed by atoms with Gasteiger partial charge in [0.1, 0.15) is 17.3 Å². The lowest BCUT2D eigenvalue weighted by molar-refractivity contribution is 0.0698. The van der Waals surface area contributed by atoms with E-state index in [1.807, 2.05) is 11.0 Å². The van der Waals surface area contributed by atoms with Crippen LogP contribution in [0.25, 0.3) is 10.9 Å². The van der Waals surface area contributed by atoms with E-state index in [0.717, 1.165) is 61.4 Å². The molecule has 152 valence electrons. The van der Waals surface area contributed by atoms with Crippen LogP contribution in [-0.2, 0) is 13.0 Å². The summed E-state index contributed by atoms with van der Waals surface area (Å²) in [5.41, 5.74) is 4.15. The van der Waals surface area contributed by atoms with Crippen LogP contribution in [0.2, 0.25) is 0 Å². The van der Waals surface area contributed by atoms with E-state index < -0.39 is 0 Å². The first-order valence-electron chi connectivity index (χ1n) is 10.9. The Labute approximate surface area is 171 Å². The van der Waals surface area contributed by atoms with E-state index in [1.165, 1.54) is 30.4 Å². The Morgan fingerprint density at radius 2 is 1.97 bits per heavy atom. The maximum atomic E-state index is 13.3. The van der Waals surface area contributed by atoms with Crippen molar-refractivity contribution >= 4 is 16.8 Å². The molecule has 1 N–H and O–H groups in total. The monoisotopic (exact) mass is 391 g/mol. The van der Waals surface area contributed by atoms with E-state index in [4.69, 9.17) is 0 Å². The van der Waals surface area contributed by atoms with Gasteiger partial charge in [-0.1, -0.05) is 12.5 Å². The molecule has 0 spiro atoms. The average Bonchev–Trinajstić information content (AvgIpc) is 3.25. The Bertz CT molecular complexity index is 1060. The molecule has 2 aliphatic rings. The highest BCUT2D eigenvalue weighted by Crippen LogP contribution is 2.29. The second-order valence-corrected chi connectivity index (χ2v) is 8.75. The molecule has 2 aliphatic heterocycles. The maximum Gasteiger partial charge on any atom is 0.270 e. The summed E-state index contributed by atoms with van der Waals surface area (Å²) in [5, 5.41) is 10.2. The average molecular weight is 392 g/mol. The zero-order valence-electron chi connectivity index (χ0n) is 17.4. The van der Waals surface area contributed by atoms with Crippen LogP contribution in [0, 0.1) is 13.8 Å². The van der Waals surface area contributed by atoms with Crippen molar-refractivity contribution < 1.29 is 4.79 Å². The number of carbonyl (C=O) groups is 1. The second kappa shape index (κ2) is 7.32. The number of hydrogen-bond donors (Lipinski definition) is 1. The first kappa shape index (κ1) is 18.4. The maximum absolute atomic E-state index is 13.3. The smallest absolute Gasteiger partial charge is 0.270 e. The van der Waals surface area contributed by atoms with Crippen LogP contribution in [0.5, 0.6) is 0 Å². The molecule has 1 aromatic carbocycles. The largest absolute Gasteiger partial charge is 0.351 e.